The van der Waals surface area contributed by atoms with Crippen LogP contribution in [-0.4, -0.2) is 12.5 Å². The first-order valence-electron chi connectivity index (χ1n) is 8.45. The van der Waals surface area contributed by atoms with Gasteiger partial charge in [0, 0.05) is 15.7 Å². The summed E-state index contributed by atoms with van der Waals surface area (Å²) in [5.74, 6) is 0.202. The summed E-state index contributed by atoms with van der Waals surface area (Å²) in [6.45, 7) is 4.66. The average Bonchev–Trinajstić information content (AvgIpc) is 2.63. The van der Waals surface area contributed by atoms with Crippen molar-refractivity contribution in [2.45, 2.75) is 26.7 Å². The van der Waals surface area contributed by atoms with Crippen molar-refractivity contribution in [3.63, 3.8) is 0 Å². The summed E-state index contributed by atoms with van der Waals surface area (Å²) in [7, 11) is 0. The number of aryl methyl sites for hydroxylation is 1. The maximum Gasteiger partial charge on any atom is 0.266 e. The molecule has 0 aliphatic heterocycles. The van der Waals surface area contributed by atoms with E-state index in [2.05, 4.69) is 28.2 Å². The number of benzene rings is 2. The molecule has 0 aliphatic rings. The molecule has 0 saturated heterocycles. The molecule has 0 bridgehead atoms. The fourth-order valence-corrected chi connectivity index (χ4v) is 2.61. The predicted octanol–water partition coefficient (Wildman–Crippen LogP) is 5.48. The van der Waals surface area contributed by atoms with E-state index in [9.17, 15) is 10.1 Å². The van der Waals surface area contributed by atoms with Gasteiger partial charge in [-0.15, -0.1) is 0 Å². The van der Waals surface area contributed by atoms with E-state index in [1.807, 2.05) is 43.3 Å². The summed E-state index contributed by atoms with van der Waals surface area (Å²) in [5.41, 5.74) is 2.45. The number of nitriles is 1. The monoisotopic (exact) mass is 412 g/mol. The van der Waals surface area contributed by atoms with Crippen molar-refractivity contribution in [2.75, 3.05) is 11.9 Å². The quantitative estimate of drug-likeness (QED) is 0.371. The lowest BCUT2D eigenvalue weighted by Gasteiger charge is -2.10. The molecule has 0 radical (unpaired) electrons. The van der Waals surface area contributed by atoms with Crippen molar-refractivity contribution >= 4 is 33.6 Å². The lowest BCUT2D eigenvalue weighted by Crippen LogP contribution is -2.13. The van der Waals surface area contributed by atoms with Crippen molar-refractivity contribution in [3.05, 3.63) is 63.6 Å². The summed E-state index contributed by atoms with van der Waals surface area (Å²) in [5, 5.41) is 12.2. The third-order valence-electron chi connectivity index (χ3n) is 3.70. The third-order valence-corrected chi connectivity index (χ3v) is 4.19. The van der Waals surface area contributed by atoms with Crippen molar-refractivity contribution in [1.82, 2.24) is 0 Å². The summed E-state index contributed by atoms with van der Waals surface area (Å²) in [6.07, 6.45) is 3.53. The third kappa shape index (κ3) is 5.75. The molecule has 0 unspecified atom stereocenters. The van der Waals surface area contributed by atoms with Crippen LogP contribution < -0.4 is 10.1 Å². The van der Waals surface area contributed by atoms with E-state index in [4.69, 9.17) is 4.74 Å². The van der Waals surface area contributed by atoms with Crippen LogP contribution in [0.4, 0.5) is 5.69 Å². The Bertz CT molecular complexity index is 836. The first-order valence-corrected chi connectivity index (χ1v) is 9.25. The number of nitrogens with one attached hydrogen (secondary N) is 1. The van der Waals surface area contributed by atoms with Gasteiger partial charge >= 0.3 is 0 Å². The highest BCUT2D eigenvalue weighted by atomic mass is 79.9. The zero-order valence-corrected chi connectivity index (χ0v) is 16.5. The molecular formula is C21H21BrN2O2. The molecule has 0 heterocycles. The van der Waals surface area contributed by atoms with Crippen LogP contribution >= 0.6 is 15.9 Å². The van der Waals surface area contributed by atoms with Crippen molar-refractivity contribution in [3.8, 4) is 11.8 Å². The van der Waals surface area contributed by atoms with Crippen molar-refractivity contribution < 1.29 is 9.53 Å². The minimum atomic E-state index is -0.448. The maximum atomic E-state index is 12.4. The number of rotatable bonds is 7. The molecular weight excluding hydrogens is 392 g/mol. The average molecular weight is 413 g/mol. The Morgan fingerprint density at radius 1 is 1.27 bits per heavy atom. The molecule has 4 nitrogen and oxygen atoms in total. The van der Waals surface area contributed by atoms with Gasteiger partial charge in [-0.1, -0.05) is 47.0 Å². The van der Waals surface area contributed by atoms with Gasteiger partial charge < -0.3 is 10.1 Å². The number of nitrogens with zero attached hydrogens (tertiary/aromatic N) is 1. The first-order chi connectivity index (χ1) is 12.5. The fraction of sp³-hybridized carbons (Fsp3) is 0.238. The number of anilines is 1. The molecule has 26 heavy (non-hydrogen) atoms. The lowest BCUT2D eigenvalue weighted by atomic mass is 10.1. The zero-order chi connectivity index (χ0) is 18.9. The van der Waals surface area contributed by atoms with E-state index in [1.54, 1.807) is 18.2 Å². The smallest absolute Gasteiger partial charge is 0.266 e. The molecule has 0 aromatic heterocycles. The second kappa shape index (κ2) is 9.79. The SMILES string of the molecule is CCCCOc1ccc(Br)cc1/C=C(/C#N)C(=O)Nc1ccc(C)cc1. The van der Waals surface area contributed by atoms with Crippen LogP contribution in [0.15, 0.2) is 52.5 Å². The molecule has 5 heteroatoms. The van der Waals surface area contributed by atoms with Gasteiger partial charge in [-0.2, -0.15) is 5.26 Å². The van der Waals surface area contributed by atoms with Gasteiger partial charge in [-0.25, -0.2) is 0 Å². The highest BCUT2D eigenvalue weighted by molar-refractivity contribution is 9.10. The Morgan fingerprint density at radius 2 is 2.00 bits per heavy atom. The van der Waals surface area contributed by atoms with Crippen molar-refractivity contribution in [2.24, 2.45) is 0 Å². The molecule has 2 aromatic rings. The minimum Gasteiger partial charge on any atom is -0.493 e. The summed E-state index contributed by atoms with van der Waals surface area (Å²) >= 11 is 3.42. The van der Waals surface area contributed by atoms with Gasteiger partial charge in [0.25, 0.3) is 5.91 Å². The number of carbonyl (C=O) groups is 1. The van der Waals surface area contributed by atoms with E-state index in [-0.39, 0.29) is 5.57 Å². The zero-order valence-electron chi connectivity index (χ0n) is 14.9. The molecule has 134 valence electrons. The van der Waals surface area contributed by atoms with Crippen LogP contribution in [0.25, 0.3) is 6.08 Å². The van der Waals surface area contributed by atoms with Gasteiger partial charge in [0.05, 0.1) is 6.61 Å². The normalized spacial score (nSPS) is 10.9. The van der Waals surface area contributed by atoms with E-state index < -0.39 is 5.91 Å². The second-order valence-corrected chi connectivity index (χ2v) is 6.79. The molecule has 0 aliphatic carbocycles. The van der Waals surface area contributed by atoms with E-state index in [1.165, 1.54) is 0 Å². The van der Waals surface area contributed by atoms with Crippen LogP contribution in [0.2, 0.25) is 0 Å². The fourth-order valence-electron chi connectivity index (χ4n) is 2.23. The van der Waals surface area contributed by atoms with E-state index in [0.717, 1.165) is 22.9 Å². The number of ether oxygens (including phenoxy) is 1. The molecule has 0 spiro atoms. The van der Waals surface area contributed by atoms with Gasteiger partial charge in [0.1, 0.15) is 17.4 Å². The number of hydrogen-bond donors (Lipinski definition) is 1. The van der Waals surface area contributed by atoms with Crippen LogP contribution in [0.3, 0.4) is 0 Å². The van der Waals surface area contributed by atoms with Crippen LogP contribution in [-0.2, 0) is 4.79 Å². The number of amides is 1. The summed E-state index contributed by atoms with van der Waals surface area (Å²) in [4.78, 5) is 12.4. The number of carbonyl (C=O) groups excluding carboxylic acids is 1. The van der Waals surface area contributed by atoms with Crippen LogP contribution in [0.5, 0.6) is 5.75 Å². The molecule has 1 amide bonds. The molecule has 1 N–H and O–H groups in total. The number of hydrogen-bond acceptors (Lipinski definition) is 3. The van der Waals surface area contributed by atoms with Gasteiger partial charge in [-0.05, 0) is 49.8 Å². The maximum absolute atomic E-state index is 12.4. The lowest BCUT2D eigenvalue weighted by molar-refractivity contribution is -0.112. The summed E-state index contributed by atoms with van der Waals surface area (Å²) < 4.78 is 6.63. The highest BCUT2D eigenvalue weighted by Gasteiger charge is 2.12. The van der Waals surface area contributed by atoms with E-state index >= 15 is 0 Å². The standard InChI is InChI=1S/C21H21BrN2O2/c1-3-4-11-26-20-10-7-18(22)13-16(20)12-17(14-23)21(25)24-19-8-5-15(2)6-9-19/h5-10,12-13H,3-4,11H2,1-2H3,(H,24,25)/b17-12-. The predicted molar refractivity (Wildman–Crippen MR) is 108 cm³/mol. The Labute approximate surface area is 162 Å². The molecule has 0 atom stereocenters. The molecule has 0 fully saturated rings. The van der Waals surface area contributed by atoms with Crippen LogP contribution in [0.1, 0.15) is 30.9 Å². The topological polar surface area (TPSA) is 62.1 Å². The number of halogens is 1. The van der Waals surface area contributed by atoms with Gasteiger partial charge in [-0.3, -0.25) is 4.79 Å². The van der Waals surface area contributed by atoms with Gasteiger partial charge in [0.2, 0.25) is 0 Å². The molecule has 2 rings (SSSR count). The summed E-state index contributed by atoms with van der Waals surface area (Å²) in [6, 6.07) is 14.9. The van der Waals surface area contributed by atoms with E-state index in [0.29, 0.717) is 23.6 Å². The Hall–Kier alpha value is -2.58. The second-order valence-electron chi connectivity index (χ2n) is 5.87. The minimum absolute atomic E-state index is 0.0176. The Kier molecular flexibility index (Phi) is 7.43. The largest absolute Gasteiger partial charge is 0.493 e. The van der Waals surface area contributed by atoms with Gasteiger partial charge in [0.15, 0.2) is 0 Å². The highest BCUT2D eigenvalue weighted by Crippen LogP contribution is 2.26. The first kappa shape index (κ1) is 19.7. The Morgan fingerprint density at radius 3 is 2.65 bits per heavy atom. The van der Waals surface area contributed by atoms with Crippen molar-refractivity contribution in [1.29, 1.82) is 5.26 Å². The number of unbranched alkanes of at least 4 members (excludes halogenated alkanes) is 1. The molecule has 2 aromatic carbocycles. The van der Waals surface area contributed by atoms with Crippen LogP contribution in [0, 0.1) is 18.3 Å². The molecule has 0 saturated carbocycles. The Balaban J connectivity index is 2.24.